The minimum atomic E-state index is -0.117. The fourth-order valence-corrected chi connectivity index (χ4v) is 3.33. The Morgan fingerprint density at radius 1 is 1.43 bits per heavy atom. The van der Waals surface area contributed by atoms with Gasteiger partial charge in [-0.3, -0.25) is 9.20 Å². The van der Waals surface area contributed by atoms with Gasteiger partial charge in [-0.2, -0.15) is 0 Å². The molecule has 120 valence electrons. The molecule has 6 heteroatoms. The Morgan fingerprint density at radius 3 is 3.04 bits per heavy atom. The number of hydrogen-bond acceptors (Lipinski definition) is 4. The van der Waals surface area contributed by atoms with Crippen molar-refractivity contribution < 1.29 is 9.47 Å². The third kappa shape index (κ3) is 2.26. The number of hydrogen-bond donors (Lipinski definition) is 1. The molecule has 1 unspecified atom stereocenters. The zero-order valence-electron chi connectivity index (χ0n) is 13.3. The Balaban J connectivity index is 2.05. The summed E-state index contributed by atoms with van der Waals surface area (Å²) in [5, 5.41) is 0. The molecule has 1 N–H and O–H groups in total. The molecule has 3 aromatic rings. The molecule has 1 fully saturated rings. The Bertz CT molecular complexity index is 936. The molecule has 0 aliphatic carbocycles. The molecule has 1 aliphatic heterocycles. The molecule has 23 heavy (non-hydrogen) atoms. The van der Waals surface area contributed by atoms with E-state index in [-0.39, 0.29) is 11.5 Å². The van der Waals surface area contributed by atoms with Crippen LogP contribution in [-0.2, 0) is 16.1 Å². The van der Waals surface area contributed by atoms with Crippen molar-refractivity contribution in [3.05, 3.63) is 45.6 Å². The van der Waals surface area contributed by atoms with Crippen LogP contribution in [0.3, 0.4) is 0 Å². The first-order chi connectivity index (χ1) is 11.2. The standard InChI is InChI=1S/C17H19N3O3/c1-10-5-13-14(6-12(10)8-22-2)20-15(17(21)19-13)7-18-16(20)11-3-4-23-9-11/h5-7,11H,3-4,8-9H2,1-2H3,(H,19,21). The molecule has 2 aromatic heterocycles. The van der Waals surface area contributed by atoms with Crippen LogP contribution < -0.4 is 5.56 Å². The van der Waals surface area contributed by atoms with Gasteiger partial charge in [0, 0.05) is 19.6 Å². The van der Waals surface area contributed by atoms with Crippen molar-refractivity contribution in [2.24, 2.45) is 0 Å². The molecule has 1 aromatic carbocycles. The summed E-state index contributed by atoms with van der Waals surface area (Å²) in [6, 6.07) is 4.08. The van der Waals surface area contributed by atoms with Gasteiger partial charge in [-0.15, -0.1) is 0 Å². The van der Waals surface area contributed by atoms with Crippen molar-refractivity contribution in [2.75, 3.05) is 20.3 Å². The summed E-state index contributed by atoms with van der Waals surface area (Å²) in [4.78, 5) is 19.8. The molecule has 1 aliphatic rings. The number of aryl methyl sites for hydroxylation is 1. The van der Waals surface area contributed by atoms with Crippen molar-refractivity contribution in [1.82, 2.24) is 14.4 Å². The van der Waals surface area contributed by atoms with E-state index in [0.717, 1.165) is 41.0 Å². The molecule has 6 nitrogen and oxygen atoms in total. The lowest BCUT2D eigenvalue weighted by Gasteiger charge is -2.12. The van der Waals surface area contributed by atoms with Crippen LogP contribution in [0.2, 0.25) is 0 Å². The number of benzene rings is 1. The largest absolute Gasteiger partial charge is 0.381 e. The van der Waals surface area contributed by atoms with Gasteiger partial charge in [0.05, 0.1) is 30.4 Å². The quantitative estimate of drug-likeness (QED) is 0.804. The van der Waals surface area contributed by atoms with Gasteiger partial charge in [0.25, 0.3) is 5.56 Å². The second kappa shape index (κ2) is 5.47. The van der Waals surface area contributed by atoms with Crippen LogP contribution in [0.25, 0.3) is 16.6 Å². The number of aromatic nitrogens is 3. The maximum atomic E-state index is 12.4. The predicted molar refractivity (Wildman–Crippen MR) is 86.9 cm³/mol. The first-order valence-electron chi connectivity index (χ1n) is 7.78. The van der Waals surface area contributed by atoms with E-state index in [0.29, 0.717) is 18.7 Å². The average molecular weight is 313 g/mol. The third-order valence-electron chi connectivity index (χ3n) is 4.56. The lowest BCUT2D eigenvalue weighted by Crippen LogP contribution is -2.13. The van der Waals surface area contributed by atoms with Crippen molar-refractivity contribution in [3.63, 3.8) is 0 Å². The van der Waals surface area contributed by atoms with Gasteiger partial charge in [-0.05, 0) is 36.6 Å². The maximum absolute atomic E-state index is 12.4. The number of imidazole rings is 1. The van der Waals surface area contributed by atoms with E-state index in [4.69, 9.17) is 9.47 Å². The Labute approximate surface area is 133 Å². The SMILES string of the molecule is COCc1cc2c(cc1C)[nH]c(=O)c1cnc(C3CCOC3)n12. The van der Waals surface area contributed by atoms with Gasteiger partial charge in [0.2, 0.25) is 0 Å². The fourth-order valence-electron chi connectivity index (χ4n) is 3.33. The minimum absolute atomic E-state index is 0.117. The third-order valence-corrected chi connectivity index (χ3v) is 4.56. The van der Waals surface area contributed by atoms with Crippen molar-refractivity contribution in [3.8, 4) is 0 Å². The molecule has 3 heterocycles. The summed E-state index contributed by atoms with van der Waals surface area (Å²) in [5.74, 6) is 1.13. The average Bonchev–Trinajstić information content (AvgIpc) is 3.17. The van der Waals surface area contributed by atoms with Gasteiger partial charge in [0.1, 0.15) is 11.3 Å². The summed E-state index contributed by atoms with van der Waals surface area (Å²) in [6.07, 6.45) is 2.59. The Kier molecular flexibility index (Phi) is 3.43. The summed E-state index contributed by atoms with van der Waals surface area (Å²) in [6.45, 7) is 3.97. The van der Waals surface area contributed by atoms with Crippen LogP contribution >= 0.6 is 0 Å². The van der Waals surface area contributed by atoms with Gasteiger partial charge in [-0.25, -0.2) is 4.98 Å². The van der Waals surface area contributed by atoms with E-state index in [9.17, 15) is 4.79 Å². The second-order valence-electron chi connectivity index (χ2n) is 6.08. The highest BCUT2D eigenvalue weighted by atomic mass is 16.5. The van der Waals surface area contributed by atoms with Crippen molar-refractivity contribution in [1.29, 1.82) is 0 Å². The van der Waals surface area contributed by atoms with Crippen LogP contribution in [0.5, 0.6) is 0 Å². The normalized spacial score (nSPS) is 18.3. The van der Waals surface area contributed by atoms with Gasteiger partial charge in [0.15, 0.2) is 0 Å². The fraction of sp³-hybridized carbons (Fsp3) is 0.412. The zero-order chi connectivity index (χ0) is 16.0. The molecule has 0 bridgehead atoms. The highest BCUT2D eigenvalue weighted by Crippen LogP contribution is 2.27. The lowest BCUT2D eigenvalue weighted by molar-refractivity contribution is 0.184. The Hall–Kier alpha value is -2.18. The second-order valence-corrected chi connectivity index (χ2v) is 6.08. The number of fused-ring (bicyclic) bond motifs is 3. The molecule has 1 saturated heterocycles. The van der Waals surface area contributed by atoms with Gasteiger partial charge in [-0.1, -0.05) is 0 Å². The maximum Gasteiger partial charge on any atom is 0.274 e. The highest BCUT2D eigenvalue weighted by molar-refractivity contribution is 5.80. The minimum Gasteiger partial charge on any atom is -0.381 e. The molecule has 0 radical (unpaired) electrons. The monoisotopic (exact) mass is 313 g/mol. The van der Waals surface area contributed by atoms with Crippen molar-refractivity contribution >= 4 is 16.6 Å². The molecular weight excluding hydrogens is 294 g/mol. The molecule has 4 rings (SSSR count). The first-order valence-corrected chi connectivity index (χ1v) is 7.78. The van der Waals surface area contributed by atoms with Crippen LogP contribution in [-0.4, -0.2) is 34.7 Å². The van der Waals surface area contributed by atoms with E-state index in [2.05, 4.69) is 16.0 Å². The number of methoxy groups -OCH3 is 1. The number of rotatable bonds is 3. The topological polar surface area (TPSA) is 68.6 Å². The zero-order valence-corrected chi connectivity index (χ0v) is 13.3. The summed E-state index contributed by atoms with van der Waals surface area (Å²) < 4.78 is 12.8. The van der Waals surface area contributed by atoms with E-state index < -0.39 is 0 Å². The van der Waals surface area contributed by atoms with Crippen LogP contribution in [0.1, 0.15) is 29.3 Å². The summed E-state index contributed by atoms with van der Waals surface area (Å²) in [7, 11) is 1.69. The van der Waals surface area contributed by atoms with Gasteiger partial charge >= 0.3 is 0 Å². The van der Waals surface area contributed by atoms with Crippen LogP contribution in [0.15, 0.2) is 23.1 Å². The molecule has 0 spiro atoms. The summed E-state index contributed by atoms with van der Waals surface area (Å²) in [5.41, 5.74) is 4.44. The molecule has 0 amide bonds. The van der Waals surface area contributed by atoms with E-state index in [1.54, 1.807) is 13.3 Å². The number of aromatic amines is 1. The van der Waals surface area contributed by atoms with Crippen molar-refractivity contribution in [2.45, 2.75) is 25.9 Å². The van der Waals surface area contributed by atoms with Crippen LogP contribution in [0, 0.1) is 6.92 Å². The van der Waals surface area contributed by atoms with Gasteiger partial charge < -0.3 is 14.5 Å². The molecule has 0 saturated carbocycles. The van der Waals surface area contributed by atoms with E-state index >= 15 is 0 Å². The van der Waals surface area contributed by atoms with E-state index in [1.165, 1.54) is 0 Å². The van der Waals surface area contributed by atoms with Crippen LogP contribution in [0.4, 0.5) is 0 Å². The number of H-pyrrole nitrogens is 1. The number of nitrogens with zero attached hydrogens (tertiary/aromatic N) is 2. The first kappa shape index (κ1) is 14.4. The van der Waals surface area contributed by atoms with E-state index in [1.807, 2.05) is 17.4 Å². The number of nitrogens with one attached hydrogen (secondary N) is 1. The summed E-state index contributed by atoms with van der Waals surface area (Å²) >= 11 is 0. The highest BCUT2D eigenvalue weighted by Gasteiger charge is 2.24. The smallest absolute Gasteiger partial charge is 0.274 e. The number of ether oxygens (including phenoxy) is 2. The predicted octanol–water partition coefficient (Wildman–Crippen LogP) is 2.13. The Morgan fingerprint density at radius 2 is 2.30 bits per heavy atom. The molecular formula is C17H19N3O3. The molecule has 1 atom stereocenters. The lowest BCUT2D eigenvalue weighted by atomic mass is 10.1.